The highest BCUT2D eigenvalue weighted by molar-refractivity contribution is 8.00. The molecule has 1 atom stereocenters. The number of hydrogen-bond acceptors (Lipinski definition) is 5. The molecule has 6 nitrogen and oxygen atoms in total. The van der Waals surface area contributed by atoms with Gasteiger partial charge in [0.05, 0.1) is 17.5 Å². The summed E-state index contributed by atoms with van der Waals surface area (Å²) in [6, 6.07) is 16.0. The zero-order chi connectivity index (χ0) is 24.4. The molecule has 1 unspecified atom stereocenters. The number of hydrogen-bond donors (Lipinski definition) is 1. The Balaban J connectivity index is 1.67. The molecule has 0 amide bonds. The topological polar surface area (TPSA) is 80.6 Å². The zero-order valence-electron chi connectivity index (χ0n) is 19.4. The van der Waals surface area contributed by atoms with Crippen LogP contribution in [-0.2, 0) is 6.54 Å². The lowest BCUT2D eigenvalue weighted by atomic mass is 10.0. The van der Waals surface area contributed by atoms with Crippen LogP contribution in [0.3, 0.4) is 0 Å². The maximum Gasteiger partial charge on any atom is 0.192 e. The molecule has 4 aromatic rings. The first-order chi connectivity index (χ1) is 16.3. The van der Waals surface area contributed by atoms with Crippen molar-refractivity contribution in [3.8, 4) is 11.4 Å². The van der Waals surface area contributed by atoms with Crippen molar-refractivity contribution in [1.82, 2.24) is 19.7 Å². The third-order valence-corrected chi connectivity index (χ3v) is 6.77. The van der Waals surface area contributed by atoms with Crippen molar-refractivity contribution >= 4 is 23.3 Å². The highest BCUT2D eigenvalue weighted by Crippen LogP contribution is 2.30. The van der Waals surface area contributed by atoms with Crippen molar-refractivity contribution in [2.24, 2.45) is 0 Å². The van der Waals surface area contributed by atoms with Crippen molar-refractivity contribution in [2.45, 2.75) is 44.6 Å². The second kappa shape index (κ2) is 9.77. The summed E-state index contributed by atoms with van der Waals surface area (Å²) >= 11 is 1.30. The van der Waals surface area contributed by atoms with E-state index in [2.05, 4.69) is 15.2 Å². The van der Waals surface area contributed by atoms with Crippen LogP contribution in [0.15, 0.2) is 59.8 Å². The standard InChI is InChI=1S/C26H25FN4O2S/c1-15-22(17(3)32)16(2)28-23(15)24(33)18(4)34-26-30-29-25(20-10-12-21(27)13-11-20)31(26)14-19-8-6-5-7-9-19/h5-13,18,28H,14H2,1-4H3. The normalized spacial score (nSPS) is 12.0. The fourth-order valence-electron chi connectivity index (χ4n) is 4.04. The number of carbonyl (C=O) groups excluding carboxylic acids is 2. The number of aromatic nitrogens is 4. The fraction of sp³-hybridized carbons (Fsp3) is 0.231. The van der Waals surface area contributed by atoms with Gasteiger partial charge in [0.2, 0.25) is 0 Å². The molecule has 1 N–H and O–H groups in total. The summed E-state index contributed by atoms with van der Waals surface area (Å²) < 4.78 is 15.4. The first kappa shape index (κ1) is 23.6. The van der Waals surface area contributed by atoms with E-state index in [-0.39, 0.29) is 17.4 Å². The van der Waals surface area contributed by atoms with Gasteiger partial charge in [-0.25, -0.2) is 4.39 Å². The van der Waals surface area contributed by atoms with Gasteiger partial charge >= 0.3 is 0 Å². The number of H-pyrrole nitrogens is 1. The molecule has 0 fully saturated rings. The Morgan fingerprint density at radius 3 is 2.35 bits per heavy atom. The minimum atomic E-state index is -0.476. The van der Waals surface area contributed by atoms with Gasteiger partial charge in [-0.2, -0.15) is 0 Å². The number of Topliss-reactive ketones (excluding diaryl/α,β-unsaturated/α-hetero) is 2. The van der Waals surface area contributed by atoms with Crippen LogP contribution in [-0.4, -0.2) is 36.6 Å². The molecule has 0 spiro atoms. The average molecular weight is 477 g/mol. The van der Waals surface area contributed by atoms with Gasteiger partial charge in [-0.15, -0.1) is 10.2 Å². The van der Waals surface area contributed by atoms with Gasteiger partial charge in [0, 0.05) is 16.8 Å². The van der Waals surface area contributed by atoms with Crippen LogP contribution in [0.4, 0.5) is 4.39 Å². The van der Waals surface area contributed by atoms with E-state index >= 15 is 0 Å². The van der Waals surface area contributed by atoms with Crippen LogP contribution in [0.5, 0.6) is 0 Å². The molecule has 0 radical (unpaired) electrons. The van der Waals surface area contributed by atoms with Gasteiger partial charge in [-0.3, -0.25) is 14.2 Å². The molecule has 0 aliphatic carbocycles. The van der Waals surface area contributed by atoms with Gasteiger partial charge in [0.1, 0.15) is 5.82 Å². The Hall–Kier alpha value is -3.52. The molecule has 0 bridgehead atoms. The number of aromatic amines is 1. The molecule has 0 saturated heterocycles. The largest absolute Gasteiger partial charge is 0.355 e. The van der Waals surface area contributed by atoms with E-state index in [9.17, 15) is 14.0 Å². The minimum absolute atomic E-state index is 0.0721. The first-order valence-electron chi connectivity index (χ1n) is 10.9. The van der Waals surface area contributed by atoms with E-state index in [0.29, 0.717) is 40.0 Å². The number of aryl methyl sites for hydroxylation is 1. The molecule has 8 heteroatoms. The maximum atomic E-state index is 13.5. The quantitative estimate of drug-likeness (QED) is 0.263. The molecule has 4 rings (SSSR count). The number of halogens is 1. The summed E-state index contributed by atoms with van der Waals surface area (Å²) in [5.41, 5.74) is 4.14. The third-order valence-electron chi connectivity index (χ3n) is 5.69. The summed E-state index contributed by atoms with van der Waals surface area (Å²) in [7, 11) is 0. The second-order valence-corrected chi connectivity index (χ2v) is 9.50. The van der Waals surface area contributed by atoms with E-state index in [0.717, 1.165) is 11.1 Å². The van der Waals surface area contributed by atoms with Gasteiger partial charge in [0.25, 0.3) is 0 Å². The lowest BCUT2D eigenvalue weighted by molar-refractivity contribution is 0.0988. The van der Waals surface area contributed by atoms with E-state index in [1.165, 1.54) is 30.8 Å². The SMILES string of the molecule is CC(=O)c1c(C)[nH]c(C(=O)C(C)Sc2nnc(-c3ccc(F)cc3)n2Cc2ccccc2)c1C. The number of carbonyl (C=O) groups is 2. The van der Waals surface area contributed by atoms with Crippen molar-refractivity contribution in [2.75, 3.05) is 0 Å². The predicted octanol–water partition coefficient (Wildman–Crippen LogP) is 5.64. The van der Waals surface area contributed by atoms with Crippen LogP contribution < -0.4 is 0 Å². The maximum absolute atomic E-state index is 13.5. The van der Waals surface area contributed by atoms with Crippen LogP contribution in [0.2, 0.25) is 0 Å². The Labute approximate surface area is 201 Å². The van der Waals surface area contributed by atoms with Crippen LogP contribution in [0, 0.1) is 19.7 Å². The second-order valence-electron chi connectivity index (χ2n) is 8.19. The summed E-state index contributed by atoms with van der Waals surface area (Å²) in [5.74, 6) is 0.0813. The van der Waals surface area contributed by atoms with E-state index in [1.54, 1.807) is 26.0 Å². The van der Waals surface area contributed by atoms with Crippen LogP contribution in [0.1, 0.15) is 51.5 Å². The van der Waals surface area contributed by atoms with E-state index in [1.807, 2.05) is 41.8 Å². The predicted molar refractivity (Wildman–Crippen MR) is 131 cm³/mol. The fourth-order valence-corrected chi connectivity index (χ4v) is 4.94. The van der Waals surface area contributed by atoms with Gasteiger partial charge in [-0.05, 0) is 63.1 Å². The van der Waals surface area contributed by atoms with Crippen molar-refractivity contribution in [3.63, 3.8) is 0 Å². The molecule has 0 aliphatic rings. The van der Waals surface area contributed by atoms with E-state index < -0.39 is 5.25 Å². The Morgan fingerprint density at radius 1 is 1.06 bits per heavy atom. The van der Waals surface area contributed by atoms with Crippen LogP contribution >= 0.6 is 11.8 Å². The molecular weight excluding hydrogens is 451 g/mol. The minimum Gasteiger partial charge on any atom is -0.355 e. The van der Waals surface area contributed by atoms with Crippen molar-refractivity contribution < 1.29 is 14.0 Å². The molecule has 2 heterocycles. The average Bonchev–Trinajstić information content (AvgIpc) is 3.34. The molecule has 2 aromatic heterocycles. The van der Waals surface area contributed by atoms with Crippen molar-refractivity contribution in [3.05, 3.63) is 88.5 Å². The molecule has 0 saturated carbocycles. The lowest BCUT2D eigenvalue weighted by Gasteiger charge is -2.13. The van der Waals surface area contributed by atoms with E-state index in [4.69, 9.17) is 0 Å². The summed E-state index contributed by atoms with van der Waals surface area (Å²) in [6.07, 6.45) is 0. The number of ketones is 2. The zero-order valence-corrected chi connectivity index (χ0v) is 20.2. The van der Waals surface area contributed by atoms with Gasteiger partial charge in [-0.1, -0.05) is 42.1 Å². The monoisotopic (exact) mass is 476 g/mol. The molecule has 34 heavy (non-hydrogen) atoms. The number of nitrogens with one attached hydrogen (secondary N) is 1. The Morgan fingerprint density at radius 2 is 1.74 bits per heavy atom. The van der Waals surface area contributed by atoms with Crippen molar-refractivity contribution in [1.29, 1.82) is 0 Å². The highest BCUT2D eigenvalue weighted by Gasteiger charge is 2.26. The first-order valence-corrected chi connectivity index (χ1v) is 11.8. The number of thioether (sulfide) groups is 1. The molecule has 2 aromatic carbocycles. The highest BCUT2D eigenvalue weighted by atomic mass is 32.2. The Kier molecular flexibility index (Phi) is 6.79. The smallest absolute Gasteiger partial charge is 0.192 e. The third kappa shape index (κ3) is 4.72. The molecular formula is C26H25FN4O2S. The summed E-state index contributed by atoms with van der Waals surface area (Å²) in [6.45, 7) is 7.39. The molecule has 174 valence electrons. The number of nitrogens with zero attached hydrogens (tertiary/aromatic N) is 3. The number of benzene rings is 2. The van der Waals surface area contributed by atoms with Gasteiger partial charge < -0.3 is 4.98 Å². The molecule has 0 aliphatic heterocycles. The summed E-state index contributed by atoms with van der Waals surface area (Å²) in [4.78, 5) is 28.3. The Bertz CT molecular complexity index is 1340. The lowest BCUT2D eigenvalue weighted by Crippen LogP contribution is -2.16. The summed E-state index contributed by atoms with van der Waals surface area (Å²) in [5, 5.41) is 8.83. The number of rotatable bonds is 8. The van der Waals surface area contributed by atoms with Crippen LogP contribution in [0.25, 0.3) is 11.4 Å². The van der Waals surface area contributed by atoms with Gasteiger partial charge in [0.15, 0.2) is 22.5 Å².